The molecule has 0 radical (unpaired) electrons. The lowest BCUT2D eigenvalue weighted by Crippen LogP contribution is -2.11. The summed E-state index contributed by atoms with van der Waals surface area (Å²) in [6, 6.07) is 6.35. The molecule has 0 spiro atoms. The zero-order valence-electron chi connectivity index (χ0n) is 7.72. The second-order valence-electron chi connectivity index (χ2n) is 3.03. The highest BCUT2D eigenvalue weighted by Crippen LogP contribution is 2.39. The summed E-state index contributed by atoms with van der Waals surface area (Å²) in [6.07, 6.45) is 0. The first-order valence-corrected chi connectivity index (χ1v) is 8.35. The minimum Gasteiger partial charge on any atom is -0.222 e. The molecule has 0 bridgehead atoms. The lowest BCUT2D eigenvalue weighted by atomic mass is 10.4. The van der Waals surface area contributed by atoms with Gasteiger partial charge in [0.2, 0.25) is 0 Å². The van der Waals surface area contributed by atoms with E-state index < -0.39 is 9.84 Å². The van der Waals surface area contributed by atoms with Gasteiger partial charge in [0.25, 0.3) is 0 Å². The number of hydrogen-bond acceptors (Lipinski definition) is 4. The molecule has 1 aromatic rings. The van der Waals surface area contributed by atoms with Gasteiger partial charge in [-0.25, -0.2) is 8.42 Å². The maximum absolute atomic E-state index is 12.1. The van der Waals surface area contributed by atoms with E-state index in [1.54, 1.807) is 24.3 Å². The van der Waals surface area contributed by atoms with Crippen LogP contribution in [0, 0.1) is 0 Å². The van der Waals surface area contributed by atoms with E-state index in [-0.39, 0.29) is 3.91 Å². The van der Waals surface area contributed by atoms with Crippen LogP contribution in [-0.2, 0) is 9.84 Å². The molecule has 0 aromatic heterocycles. The Labute approximate surface area is 103 Å². The fraction of sp³-hybridized carbons (Fsp3) is 0.333. The van der Waals surface area contributed by atoms with Crippen molar-refractivity contribution in [1.82, 2.24) is 0 Å². The first-order chi connectivity index (χ1) is 7.10. The third-order valence-corrected chi connectivity index (χ3v) is 8.51. The molecule has 1 heterocycles. The summed E-state index contributed by atoms with van der Waals surface area (Å²) in [5, 5.41) is 0.556. The number of sulfone groups is 1. The summed E-state index contributed by atoms with van der Waals surface area (Å²) in [7, 11) is -3.19. The average Bonchev–Trinajstić information content (AvgIpc) is 2.71. The fourth-order valence-electron chi connectivity index (χ4n) is 1.25. The van der Waals surface area contributed by atoms with Gasteiger partial charge in [0.05, 0.1) is 4.90 Å². The molecule has 0 unspecified atom stereocenters. The molecule has 1 fully saturated rings. The zero-order valence-corrected chi connectivity index (χ0v) is 10.9. The van der Waals surface area contributed by atoms with Gasteiger partial charge in [0.1, 0.15) is 0 Å². The number of benzene rings is 1. The number of halogens is 1. The zero-order chi connectivity index (χ0) is 10.9. The molecule has 1 saturated heterocycles. The van der Waals surface area contributed by atoms with Crippen molar-refractivity contribution < 1.29 is 8.42 Å². The Morgan fingerprint density at radius 3 is 2.20 bits per heavy atom. The van der Waals surface area contributed by atoms with Crippen LogP contribution < -0.4 is 0 Å². The van der Waals surface area contributed by atoms with E-state index in [0.29, 0.717) is 9.92 Å². The van der Waals surface area contributed by atoms with E-state index in [4.69, 9.17) is 11.6 Å². The molecule has 1 aromatic carbocycles. The number of rotatable bonds is 2. The predicted octanol–water partition coefficient (Wildman–Crippen LogP) is 2.88. The second-order valence-corrected chi connectivity index (χ2v) is 8.82. The molecule has 0 atom stereocenters. The molecular weight excluding hydrogens is 272 g/mol. The standard InChI is InChI=1S/C9H9ClO2S3/c10-7-1-3-8(4-2-7)15(11,12)9-13-5-6-14-9/h1-4,9H,5-6H2. The van der Waals surface area contributed by atoms with E-state index in [2.05, 4.69) is 0 Å². The summed E-state index contributed by atoms with van der Waals surface area (Å²) in [5.41, 5.74) is 0. The van der Waals surface area contributed by atoms with Crippen LogP contribution in [0.15, 0.2) is 29.2 Å². The lowest BCUT2D eigenvalue weighted by molar-refractivity contribution is 0.599. The molecule has 0 aliphatic carbocycles. The first kappa shape index (κ1) is 11.6. The number of thioether (sulfide) groups is 2. The lowest BCUT2D eigenvalue weighted by Gasteiger charge is -2.09. The quantitative estimate of drug-likeness (QED) is 0.834. The molecular formula is C9H9ClO2S3. The molecule has 0 amide bonds. The summed E-state index contributed by atoms with van der Waals surface area (Å²) in [6.45, 7) is 0. The van der Waals surface area contributed by atoms with Gasteiger partial charge in [-0.2, -0.15) is 0 Å². The van der Waals surface area contributed by atoms with Crippen LogP contribution in [0.5, 0.6) is 0 Å². The van der Waals surface area contributed by atoms with Crippen LogP contribution in [0.2, 0.25) is 5.02 Å². The van der Waals surface area contributed by atoms with Crippen LogP contribution in [0.3, 0.4) is 0 Å². The minimum absolute atomic E-state index is 0.348. The molecule has 82 valence electrons. The van der Waals surface area contributed by atoms with E-state index in [0.717, 1.165) is 11.5 Å². The highest BCUT2D eigenvalue weighted by atomic mass is 35.5. The van der Waals surface area contributed by atoms with Gasteiger partial charge in [-0.15, -0.1) is 23.5 Å². The van der Waals surface area contributed by atoms with Gasteiger partial charge >= 0.3 is 0 Å². The Morgan fingerprint density at radius 1 is 1.13 bits per heavy atom. The van der Waals surface area contributed by atoms with Crippen LogP contribution in [0.4, 0.5) is 0 Å². The third-order valence-electron chi connectivity index (χ3n) is 1.99. The normalized spacial score (nSPS) is 18.2. The number of hydrogen-bond donors (Lipinski definition) is 0. The smallest absolute Gasteiger partial charge is 0.199 e. The molecule has 2 nitrogen and oxygen atoms in total. The van der Waals surface area contributed by atoms with Crippen molar-refractivity contribution in [2.24, 2.45) is 0 Å². The van der Waals surface area contributed by atoms with Crippen LogP contribution >= 0.6 is 35.1 Å². The second kappa shape index (κ2) is 4.57. The highest BCUT2D eigenvalue weighted by Gasteiger charge is 2.31. The van der Waals surface area contributed by atoms with Gasteiger partial charge in [0, 0.05) is 16.5 Å². The largest absolute Gasteiger partial charge is 0.222 e. The van der Waals surface area contributed by atoms with Gasteiger partial charge in [-0.05, 0) is 24.3 Å². The molecule has 6 heteroatoms. The third kappa shape index (κ3) is 2.46. The monoisotopic (exact) mass is 280 g/mol. The van der Waals surface area contributed by atoms with Crippen LogP contribution in [-0.4, -0.2) is 23.8 Å². The van der Waals surface area contributed by atoms with Crippen molar-refractivity contribution in [2.75, 3.05) is 11.5 Å². The Bertz CT molecular complexity index is 435. The first-order valence-electron chi connectivity index (χ1n) is 4.33. The van der Waals surface area contributed by atoms with Crippen molar-refractivity contribution in [3.8, 4) is 0 Å². The summed E-state index contributed by atoms with van der Waals surface area (Å²) < 4.78 is 23.8. The van der Waals surface area contributed by atoms with E-state index in [1.807, 2.05) is 0 Å². The van der Waals surface area contributed by atoms with E-state index >= 15 is 0 Å². The van der Waals surface area contributed by atoms with Crippen molar-refractivity contribution in [1.29, 1.82) is 0 Å². The van der Waals surface area contributed by atoms with E-state index in [9.17, 15) is 8.42 Å². The minimum atomic E-state index is -3.19. The van der Waals surface area contributed by atoms with E-state index in [1.165, 1.54) is 23.5 Å². The molecule has 0 N–H and O–H groups in total. The van der Waals surface area contributed by atoms with Crippen LogP contribution in [0.25, 0.3) is 0 Å². The summed E-state index contributed by atoms with van der Waals surface area (Å²) in [4.78, 5) is 0.360. The van der Waals surface area contributed by atoms with Crippen molar-refractivity contribution in [3.63, 3.8) is 0 Å². The molecule has 15 heavy (non-hydrogen) atoms. The molecule has 1 aliphatic rings. The topological polar surface area (TPSA) is 34.1 Å². The van der Waals surface area contributed by atoms with Gasteiger partial charge < -0.3 is 0 Å². The SMILES string of the molecule is O=S(=O)(c1ccc(Cl)cc1)C1SCCS1. The molecule has 0 saturated carbocycles. The van der Waals surface area contributed by atoms with Gasteiger partial charge in [-0.1, -0.05) is 11.6 Å². The molecule has 1 aliphatic heterocycles. The Hall–Kier alpha value is 0.160. The van der Waals surface area contributed by atoms with Crippen LogP contribution in [0.1, 0.15) is 0 Å². The highest BCUT2D eigenvalue weighted by molar-refractivity contribution is 8.32. The summed E-state index contributed by atoms with van der Waals surface area (Å²) in [5.74, 6) is 1.81. The Morgan fingerprint density at radius 2 is 1.67 bits per heavy atom. The van der Waals surface area contributed by atoms with Crippen molar-refractivity contribution in [2.45, 2.75) is 8.81 Å². The maximum Gasteiger partial charge on any atom is 0.199 e. The van der Waals surface area contributed by atoms with Gasteiger partial charge in [-0.3, -0.25) is 0 Å². The van der Waals surface area contributed by atoms with Gasteiger partial charge in [0.15, 0.2) is 13.8 Å². The average molecular weight is 281 g/mol. The van der Waals surface area contributed by atoms with Crippen molar-refractivity contribution >= 4 is 45.0 Å². The predicted molar refractivity (Wildman–Crippen MR) is 67.3 cm³/mol. The Balaban J connectivity index is 2.32. The Kier molecular flexibility index (Phi) is 3.55. The van der Waals surface area contributed by atoms with Crippen molar-refractivity contribution in [3.05, 3.63) is 29.3 Å². The summed E-state index contributed by atoms with van der Waals surface area (Å²) >= 11 is 8.70. The fourth-order valence-corrected chi connectivity index (χ4v) is 6.91. The maximum atomic E-state index is 12.1. The molecule has 2 rings (SSSR count).